The molecule has 4 heteroatoms. The number of nitrogens with one attached hydrogen (secondary N) is 1. The molecule has 0 saturated heterocycles. The van der Waals surface area contributed by atoms with Gasteiger partial charge in [0.25, 0.3) is 0 Å². The molecule has 4 nitrogen and oxygen atoms in total. The van der Waals surface area contributed by atoms with Crippen LogP contribution in [0.2, 0.25) is 0 Å². The minimum absolute atomic E-state index is 0.615. The van der Waals surface area contributed by atoms with Crippen LogP contribution in [0.5, 0.6) is 0 Å². The third-order valence-corrected chi connectivity index (χ3v) is 2.94. The molecule has 1 N–H and O–H groups in total. The fourth-order valence-electron chi connectivity index (χ4n) is 1.97. The van der Waals surface area contributed by atoms with Gasteiger partial charge < -0.3 is 9.73 Å². The molecular weight excluding hydrogens is 238 g/mol. The van der Waals surface area contributed by atoms with Crippen molar-refractivity contribution in [1.82, 2.24) is 15.3 Å². The zero-order valence-corrected chi connectivity index (χ0v) is 10.8. The van der Waals surface area contributed by atoms with Gasteiger partial charge in [-0.3, -0.25) is 4.98 Å². The average molecular weight is 253 g/mol. The second-order valence-corrected chi connectivity index (χ2v) is 4.34. The second-order valence-electron chi connectivity index (χ2n) is 4.34. The quantitative estimate of drug-likeness (QED) is 0.776. The molecule has 3 aromatic rings. The summed E-state index contributed by atoms with van der Waals surface area (Å²) in [6, 6.07) is 9.90. The Bertz CT molecular complexity index is 676. The molecule has 1 aromatic carbocycles. The highest BCUT2D eigenvalue weighted by Crippen LogP contribution is 2.24. The zero-order chi connectivity index (χ0) is 13.1. The number of hydrogen-bond acceptors (Lipinski definition) is 4. The van der Waals surface area contributed by atoms with Gasteiger partial charge in [0.15, 0.2) is 5.58 Å². The highest BCUT2D eigenvalue weighted by Gasteiger charge is 2.08. The lowest BCUT2D eigenvalue weighted by atomic mass is 10.2. The van der Waals surface area contributed by atoms with Crippen LogP contribution in [-0.2, 0) is 6.54 Å². The van der Waals surface area contributed by atoms with Gasteiger partial charge >= 0.3 is 0 Å². The third kappa shape index (κ3) is 2.48. The summed E-state index contributed by atoms with van der Waals surface area (Å²) in [6.45, 7) is 3.90. The Balaban J connectivity index is 1.97. The summed E-state index contributed by atoms with van der Waals surface area (Å²) in [4.78, 5) is 8.60. The molecule has 0 amide bonds. The number of rotatable bonds is 4. The van der Waals surface area contributed by atoms with E-state index in [1.165, 1.54) is 5.56 Å². The maximum atomic E-state index is 5.74. The number of aromatic nitrogens is 2. The van der Waals surface area contributed by atoms with E-state index in [4.69, 9.17) is 4.42 Å². The Hall–Kier alpha value is -2.20. The lowest BCUT2D eigenvalue weighted by Gasteiger charge is -2.00. The SMILES string of the molecule is CCNCc1ccc2oc(-c3cccnc3)nc2c1. The Kier molecular flexibility index (Phi) is 3.25. The summed E-state index contributed by atoms with van der Waals surface area (Å²) in [5.74, 6) is 0.615. The van der Waals surface area contributed by atoms with E-state index in [2.05, 4.69) is 34.3 Å². The van der Waals surface area contributed by atoms with E-state index in [9.17, 15) is 0 Å². The molecule has 0 bridgehead atoms. The van der Waals surface area contributed by atoms with E-state index in [0.29, 0.717) is 5.89 Å². The number of fused-ring (bicyclic) bond motifs is 1. The van der Waals surface area contributed by atoms with Gasteiger partial charge in [-0.05, 0) is 36.4 Å². The molecule has 0 spiro atoms. The third-order valence-electron chi connectivity index (χ3n) is 2.94. The van der Waals surface area contributed by atoms with Gasteiger partial charge in [0.05, 0.1) is 5.56 Å². The Morgan fingerprint density at radius 3 is 3.00 bits per heavy atom. The van der Waals surface area contributed by atoms with Crippen molar-refractivity contribution in [3.8, 4) is 11.5 Å². The fraction of sp³-hybridized carbons (Fsp3) is 0.200. The molecule has 96 valence electrons. The number of nitrogens with zero attached hydrogens (tertiary/aromatic N) is 2. The van der Waals surface area contributed by atoms with E-state index in [1.54, 1.807) is 12.4 Å². The largest absolute Gasteiger partial charge is 0.436 e. The molecular formula is C15H15N3O. The van der Waals surface area contributed by atoms with Gasteiger partial charge in [-0.25, -0.2) is 4.98 Å². The molecule has 2 heterocycles. The summed E-state index contributed by atoms with van der Waals surface area (Å²) >= 11 is 0. The van der Waals surface area contributed by atoms with Gasteiger partial charge in [-0.15, -0.1) is 0 Å². The molecule has 3 rings (SSSR count). The van der Waals surface area contributed by atoms with E-state index in [0.717, 1.165) is 29.8 Å². The molecule has 0 unspecified atom stereocenters. The van der Waals surface area contributed by atoms with Crippen molar-refractivity contribution >= 4 is 11.1 Å². The minimum atomic E-state index is 0.615. The predicted molar refractivity (Wildman–Crippen MR) is 74.6 cm³/mol. The first-order valence-electron chi connectivity index (χ1n) is 6.37. The van der Waals surface area contributed by atoms with Crippen molar-refractivity contribution in [2.45, 2.75) is 13.5 Å². The van der Waals surface area contributed by atoms with Crippen molar-refractivity contribution in [3.05, 3.63) is 48.3 Å². The zero-order valence-electron chi connectivity index (χ0n) is 10.8. The summed E-state index contributed by atoms with van der Waals surface area (Å²) < 4.78 is 5.74. The van der Waals surface area contributed by atoms with Crippen LogP contribution in [-0.4, -0.2) is 16.5 Å². The van der Waals surface area contributed by atoms with Crippen molar-refractivity contribution in [2.75, 3.05) is 6.54 Å². The molecule has 0 aliphatic rings. The molecule has 0 radical (unpaired) electrons. The van der Waals surface area contributed by atoms with Gasteiger partial charge in [0, 0.05) is 18.9 Å². The molecule has 0 aliphatic heterocycles. The van der Waals surface area contributed by atoms with Gasteiger partial charge in [-0.2, -0.15) is 0 Å². The first-order chi connectivity index (χ1) is 9.36. The van der Waals surface area contributed by atoms with Crippen LogP contribution in [0.1, 0.15) is 12.5 Å². The van der Waals surface area contributed by atoms with E-state index >= 15 is 0 Å². The van der Waals surface area contributed by atoms with Crippen LogP contribution in [0.25, 0.3) is 22.6 Å². The molecule has 2 aromatic heterocycles. The average Bonchev–Trinajstić information content (AvgIpc) is 2.89. The van der Waals surface area contributed by atoms with Gasteiger partial charge in [-0.1, -0.05) is 13.0 Å². The van der Waals surface area contributed by atoms with Crippen molar-refractivity contribution in [3.63, 3.8) is 0 Å². The number of benzene rings is 1. The smallest absolute Gasteiger partial charge is 0.228 e. The molecule has 0 aliphatic carbocycles. The molecule has 0 fully saturated rings. The summed E-state index contributed by atoms with van der Waals surface area (Å²) in [7, 11) is 0. The van der Waals surface area contributed by atoms with Crippen molar-refractivity contribution < 1.29 is 4.42 Å². The standard InChI is InChI=1S/C15H15N3O/c1-2-16-9-11-5-6-14-13(8-11)18-15(19-14)12-4-3-7-17-10-12/h3-8,10,16H,2,9H2,1H3. The van der Waals surface area contributed by atoms with E-state index in [1.807, 2.05) is 18.2 Å². The molecule has 0 atom stereocenters. The first kappa shape index (κ1) is 11.9. The Labute approximate surface area is 111 Å². The lowest BCUT2D eigenvalue weighted by Crippen LogP contribution is -2.11. The Morgan fingerprint density at radius 2 is 2.21 bits per heavy atom. The van der Waals surface area contributed by atoms with Crippen LogP contribution >= 0.6 is 0 Å². The number of hydrogen-bond donors (Lipinski definition) is 1. The van der Waals surface area contributed by atoms with Crippen molar-refractivity contribution in [2.24, 2.45) is 0 Å². The van der Waals surface area contributed by atoms with E-state index in [-0.39, 0.29) is 0 Å². The lowest BCUT2D eigenvalue weighted by molar-refractivity contribution is 0.619. The van der Waals surface area contributed by atoms with Crippen LogP contribution in [0.4, 0.5) is 0 Å². The van der Waals surface area contributed by atoms with Crippen LogP contribution in [0, 0.1) is 0 Å². The van der Waals surface area contributed by atoms with E-state index < -0.39 is 0 Å². The minimum Gasteiger partial charge on any atom is -0.436 e. The van der Waals surface area contributed by atoms with Gasteiger partial charge in [0.2, 0.25) is 5.89 Å². The van der Waals surface area contributed by atoms with Gasteiger partial charge in [0.1, 0.15) is 5.52 Å². The van der Waals surface area contributed by atoms with Crippen LogP contribution in [0.3, 0.4) is 0 Å². The monoisotopic (exact) mass is 253 g/mol. The highest BCUT2D eigenvalue weighted by atomic mass is 16.3. The van der Waals surface area contributed by atoms with Crippen LogP contribution < -0.4 is 5.32 Å². The maximum absolute atomic E-state index is 5.74. The normalized spacial score (nSPS) is 11.0. The maximum Gasteiger partial charge on any atom is 0.228 e. The summed E-state index contributed by atoms with van der Waals surface area (Å²) in [5.41, 5.74) is 3.79. The first-order valence-corrected chi connectivity index (χ1v) is 6.37. The Morgan fingerprint density at radius 1 is 1.26 bits per heavy atom. The number of oxazole rings is 1. The molecule has 0 saturated carbocycles. The molecule has 19 heavy (non-hydrogen) atoms. The topological polar surface area (TPSA) is 51.0 Å². The second kappa shape index (κ2) is 5.20. The summed E-state index contributed by atoms with van der Waals surface area (Å²) in [6.07, 6.45) is 3.49. The highest BCUT2D eigenvalue weighted by molar-refractivity contribution is 5.76. The van der Waals surface area contributed by atoms with Crippen LogP contribution in [0.15, 0.2) is 47.1 Å². The number of pyridine rings is 1. The predicted octanol–water partition coefficient (Wildman–Crippen LogP) is 3.00. The summed E-state index contributed by atoms with van der Waals surface area (Å²) in [5, 5.41) is 3.30. The fourth-order valence-corrected chi connectivity index (χ4v) is 1.97. The van der Waals surface area contributed by atoms with Crippen molar-refractivity contribution in [1.29, 1.82) is 0 Å².